The molecule has 0 spiro atoms. The van der Waals surface area contributed by atoms with Gasteiger partial charge in [-0.2, -0.15) is 0 Å². The lowest BCUT2D eigenvalue weighted by Gasteiger charge is -2.34. The molecule has 7 nitrogen and oxygen atoms in total. The van der Waals surface area contributed by atoms with Crippen molar-refractivity contribution in [1.82, 2.24) is 29.5 Å². The van der Waals surface area contributed by atoms with Gasteiger partial charge in [0.2, 0.25) is 10.3 Å². The van der Waals surface area contributed by atoms with Crippen LogP contribution in [0.2, 0.25) is 0 Å². The summed E-state index contributed by atoms with van der Waals surface area (Å²) in [7, 11) is 0. The molecular weight excluding hydrogens is 418 g/mol. The van der Waals surface area contributed by atoms with Crippen LogP contribution in [0.25, 0.3) is 5.13 Å². The van der Waals surface area contributed by atoms with Crippen molar-refractivity contribution >= 4 is 16.5 Å². The number of benzene rings is 1. The fourth-order valence-electron chi connectivity index (χ4n) is 4.60. The summed E-state index contributed by atoms with van der Waals surface area (Å²) < 4.78 is 2.22. The van der Waals surface area contributed by atoms with E-state index in [1.807, 2.05) is 0 Å². The smallest absolute Gasteiger partial charge is 0.218 e. The summed E-state index contributed by atoms with van der Waals surface area (Å²) in [6.07, 6.45) is 2.12. The van der Waals surface area contributed by atoms with Crippen LogP contribution in [-0.4, -0.2) is 88.4 Å². The number of aromatic nitrogens is 3. The molecule has 0 atom stereocenters. The lowest BCUT2D eigenvalue weighted by molar-refractivity contribution is 0.130. The molecule has 5 rings (SSSR count). The second-order valence-electron chi connectivity index (χ2n) is 8.70. The number of hydrogen-bond donors (Lipinski definition) is 0. The highest BCUT2D eigenvalue weighted by Crippen LogP contribution is 2.26. The van der Waals surface area contributed by atoms with Crippen LogP contribution in [0.3, 0.4) is 0 Å². The molecule has 170 valence electrons. The third kappa shape index (κ3) is 5.04. The molecule has 0 amide bonds. The molecule has 4 heterocycles. The van der Waals surface area contributed by atoms with Crippen LogP contribution in [0.4, 0.5) is 5.13 Å². The van der Waals surface area contributed by atoms with Gasteiger partial charge < -0.3 is 9.80 Å². The maximum Gasteiger partial charge on any atom is 0.218 e. The number of nitrogens with zero attached hydrogens (tertiary/aromatic N) is 7. The van der Waals surface area contributed by atoms with Crippen LogP contribution in [0.5, 0.6) is 0 Å². The average molecular weight is 452 g/mol. The minimum atomic E-state index is 0.970. The molecule has 8 heteroatoms. The topological polar surface area (TPSA) is 43.7 Å². The summed E-state index contributed by atoms with van der Waals surface area (Å²) in [6.45, 7) is 14.1. The Morgan fingerprint density at radius 3 is 2.12 bits per heavy atom. The van der Waals surface area contributed by atoms with Crippen molar-refractivity contribution in [2.75, 3.05) is 63.8 Å². The Morgan fingerprint density at radius 1 is 0.719 bits per heavy atom. The fourth-order valence-corrected chi connectivity index (χ4v) is 5.51. The first kappa shape index (κ1) is 21.6. The van der Waals surface area contributed by atoms with E-state index in [4.69, 9.17) is 0 Å². The number of hydrogen-bond acceptors (Lipinski definition) is 7. The van der Waals surface area contributed by atoms with E-state index in [9.17, 15) is 0 Å². The Balaban J connectivity index is 1.18. The standard InChI is InChI=1S/C24H33N7S/c1-2-27-11-13-29(14-12-27)20-22-9-6-10-31(22)24-26-25-23(32-24)30-17-15-28(16-18-30)19-21-7-4-3-5-8-21/h3-10H,2,11-20H2,1H3. The molecule has 0 N–H and O–H groups in total. The molecule has 1 aromatic carbocycles. The van der Waals surface area contributed by atoms with Crippen molar-refractivity contribution < 1.29 is 0 Å². The van der Waals surface area contributed by atoms with Gasteiger partial charge in [-0.15, -0.1) is 10.2 Å². The summed E-state index contributed by atoms with van der Waals surface area (Å²) in [5, 5.41) is 11.1. The van der Waals surface area contributed by atoms with E-state index in [-0.39, 0.29) is 0 Å². The van der Waals surface area contributed by atoms with Crippen LogP contribution in [0.15, 0.2) is 48.7 Å². The van der Waals surface area contributed by atoms with Gasteiger partial charge in [-0.3, -0.25) is 14.4 Å². The SMILES string of the molecule is CCN1CCN(Cc2cccn2-c2nnc(N3CCN(Cc4ccccc4)CC3)s2)CC1. The van der Waals surface area contributed by atoms with Gasteiger partial charge in [0, 0.05) is 77.3 Å². The fraction of sp³-hybridized carbons (Fsp3) is 0.500. The lowest BCUT2D eigenvalue weighted by Crippen LogP contribution is -2.45. The Bertz CT molecular complexity index is 969. The van der Waals surface area contributed by atoms with E-state index >= 15 is 0 Å². The van der Waals surface area contributed by atoms with E-state index in [2.05, 4.69) is 89.9 Å². The zero-order valence-corrected chi connectivity index (χ0v) is 19.8. The summed E-state index contributed by atoms with van der Waals surface area (Å²) in [6, 6.07) is 15.1. The van der Waals surface area contributed by atoms with Gasteiger partial charge in [0.25, 0.3) is 0 Å². The molecule has 2 fully saturated rings. The second kappa shape index (κ2) is 10.1. The molecule has 0 unspecified atom stereocenters. The van der Waals surface area contributed by atoms with Crippen molar-refractivity contribution in [3.8, 4) is 5.13 Å². The van der Waals surface area contributed by atoms with Crippen molar-refractivity contribution in [1.29, 1.82) is 0 Å². The van der Waals surface area contributed by atoms with Crippen molar-refractivity contribution in [2.24, 2.45) is 0 Å². The summed E-state index contributed by atoms with van der Waals surface area (Å²) in [4.78, 5) is 9.98. The monoisotopic (exact) mass is 451 g/mol. The van der Waals surface area contributed by atoms with Gasteiger partial charge in [0.1, 0.15) is 0 Å². The first-order valence-electron chi connectivity index (χ1n) is 11.7. The third-order valence-corrected chi connectivity index (χ3v) is 7.62. The van der Waals surface area contributed by atoms with E-state index in [0.717, 1.165) is 82.3 Å². The quantitative estimate of drug-likeness (QED) is 0.550. The van der Waals surface area contributed by atoms with Gasteiger partial charge in [0.15, 0.2) is 0 Å². The maximum absolute atomic E-state index is 4.55. The Hall–Kier alpha value is -2.26. The Kier molecular flexibility index (Phi) is 6.83. The Morgan fingerprint density at radius 2 is 1.38 bits per heavy atom. The molecule has 0 saturated carbocycles. The zero-order chi connectivity index (χ0) is 21.8. The highest BCUT2D eigenvalue weighted by Gasteiger charge is 2.22. The first-order chi connectivity index (χ1) is 15.8. The number of rotatable bonds is 7. The summed E-state index contributed by atoms with van der Waals surface area (Å²) >= 11 is 1.70. The van der Waals surface area contributed by atoms with Gasteiger partial charge in [-0.1, -0.05) is 48.6 Å². The highest BCUT2D eigenvalue weighted by molar-refractivity contribution is 7.17. The summed E-state index contributed by atoms with van der Waals surface area (Å²) in [5.74, 6) is 0. The number of anilines is 1. The second-order valence-corrected chi connectivity index (χ2v) is 9.63. The van der Waals surface area contributed by atoms with Gasteiger partial charge in [0.05, 0.1) is 0 Å². The van der Waals surface area contributed by atoms with Crippen LogP contribution in [-0.2, 0) is 13.1 Å². The van der Waals surface area contributed by atoms with E-state index in [1.54, 1.807) is 11.3 Å². The predicted molar refractivity (Wildman–Crippen MR) is 131 cm³/mol. The first-order valence-corrected chi connectivity index (χ1v) is 12.6. The lowest BCUT2D eigenvalue weighted by atomic mass is 10.2. The molecule has 2 saturated heterocycles. The van der Waals surface area contributed by atoms with Gasteiger partial charge in [-0.05, 0) is 24.2 Å². The molecular formula is C24H33N7S. The van der Waals surface area contributed by atoms with Crippen LogP contribution in [0, 0.1) is 0 Å². The molecule has 2 aliphatic heterocycles. The largest absolute Gasteiger partial charge is 0.344 e. The maximum atomic E-state index is 4.55. The third-order valence-electron chi connectivity index (χ3n) is 6.63. The highest BCUT2D eigenvalue weighted by atomic mass is 32.1. The van der Waals surface area contributed by atoms with Crippen LogP contribution < -0.4 is 4.90 Å². The molecule has 0 bridgehead atoms. The zero-order valence-electron chi connectivity index (χ0n) is 18.9. The van der Waals surface area contributed by atoms with E-state index in [0.29, 0.717) is 0 Å². The number of piperazine rings is 2. The molecule has 2 aromatic heterocycles. The van der Waals surface area contributed by atoms with Crippen LogP contribution in [0.1, 0.15) is 18.2 Å². The molecule has 0 aliphatic carbocycles. The van der Waals surface area contributed by atoms with E-state index in [1.165, 1.54) is 11.3 Å². The predicted octanol–water partition coefficient (Wildman–Crippen LogP) is 2.79. The van der Waals surface area contributed by atoms with Crippen molar-refractivity contribution in [3.05, 3.63) is 59.9 Å². The minimum Gasteiger partial charge on any atom is -0.344 e. The summed E-state index contributed by atoms with van der Waals surface area (Å²) in [5.41, 5.74) is 2.68. The minimum absolute atomic E-state index is 0.970. The van der Waals surface area contributed by atoms with Crippen molar-refractivity contribution in [3.63, 3.8) is 0 Å². The normalized spacial score (nSPS) is 19.0. The van der Waals surface area contributed by atoms with E-state index < -0.39 is 0 Å². The average Bonchev–Trinajstić information content (AvgIpc) is 3.50. The number of likely N-dealkylation sites (N-methyl/N-ethyl adjacent to an activating group) is 1. The molecule has 0 radical (unpaired) electrons. The van der Waals surface area contributed by atoms with Crippen molar-refractivity contribution in [2.45, 2.75) is 20.0 Å². The molecule has 2 aliphatic rings. The van der Waals surface area contributed by atoms with Gasteiger partial charge in [-0.25, -0.2) is 0 Å². The molecule has 32 heavy (non-hydrogen) atoms. The molecule has 3 aromatic rings. The Labute approximate surface area is 194 Å². The van der Waals surface area contributed by atoms with Crippen LogP contribution >= 0.6 is 11.3 Å². The van der Waals surface area contributed by atoms with Gasteiger partial charge >= 0.3 is 0 Å².